The molecule has 0 radical (unpaired) electrons. The van der Waals surface area contributed by atoms with Crippen LogP contribution in [0, 0.1) is 11.8 Å². The van der Waals surface area contributed by atoms with Crippen molar-refractivity contribution in [1.29, 1.82) is 0 Å². The second-order valence-electron chi connectivity index (χ2n) is 6.21. The van der Waals surface area contributed by atoms with E-state index in [9.17, 15) is 0 Å². The van der Waals surface area contributed by atoms with Crippen molar-refractivity contribution in [2.45, 2.75) is 44.1 Å². The van der Waals surface area contributed by atoms with Crippen LogP contribution in [0.4, 0.5) is 0 Å². The molecule has 0 heterocycles. The molecule has 4 rings (SSSR count). The summed E-state index contributed by atoms with van der Waals surface area (Å²) in [5.74, 6) is 2.93. The lowest BCUT2D eigenvalue weighted by Crippen LogP contribution is -2.38. The van der Waals surface area contributed by atoms with E-state index in [2.05, 4.69) is 29.6 Å². The molecule has 1 nitrogen and oxygen atoms in total. The van der Waals surface area contributed by atoms with Crippen molar-refractivity contribution >= 4 is 0 Å². The van der Waals surface area contributed by atoms with Gasteiger partial charge in [-0.3, -0.25) is 0 Å². The van der Waals surface area contributed by atoms with Crippen LogP contribution in [0.25, 0.3) is 0 Å². The van der Waals surface area contributed by atoms with Gasteiger partial charge in [0.25, 0.3) is 0 Å². The van der Waals surface area contributed by atoms with Crippen LogP contribution in [0.2, 0.25) is 0 Å². The summed E-state index contributed by atoms with van der Waals surface area (Å²) in [4.78, 5) is 0. The highest BCUT2D eigenvalue weighted by Gasteiger charge is 2.45. The molecule has 1 heteroatoms. The van der Waals surface area contributed by atoms with Crippen LogP contribution in [0.15, 0.2) is 24.3 Å². The van der Waals surface area contributed by atoms with Crippen LogP contribution >= 0.6 is 0 Å². The van der Waals surface area contributed by atoms with E-state index in [1.807, 2.05) is 0 Å². The Balaban J connectivity index is 1.35. The zero-order chi connectivity index (χ0) is 11.2. The molecule has 2 fully saturated rings. The summed E-state index contributed by atoms with van der Waals surface area (Å²) in [7, 11) is 0. The molecular weight excluding hydrogens is 206 g/mol. The normalized spacial score (nSPS) is 37.9. The Bertz CT molecular complexity index is 425. The third kappa shape index (κ3) is 1.72. The molecule has 3 aliphatic carbocycles. The SMILES string of the molecule is c1ccc2c(c1)CC2CNC1CCC[C@H]2C[C@@H]12. The van der Waals surface area contributed by atoms with Gasteiger partial charge in [0.05, 0.1) is 0 Å². The molecule has 0 amide bonds. The summed E-state index contributed by atoms with van der Waals surface area (Å²) < 4.78 is 0. The lowest BCUT2D eigenvalue weighted by molar-refractivity contribution is 0.341. The Labute approximate surface area is 104 Å². The van der Waals surface area contributed by atoms with Gasteiger partial charge in [0.2, 0.25) is 0 Å². The molecule has 0 aliphatic heterocycles. The van der Waals surface area contributed by atoms with E-state index < -0.39 is 0 Å². The lowest BCUT2D eigenvalue weighted by atomic mass is 9.77. The van der Waals surface area contributed by atoms with Gasteiger partial charge in [0.15, 0.2) is 0 Å². The quantitative estimate of drug-likeness (QED) is 0.836. The van der Waals surface area contributed by atoms with Gasteiger partial charge in [-0.2, -0.15) is 0 Å². The summed E-state index contributed by atoms with van der Waals surface area (Å²) in [5, 5.41) is 3.86. The average Bonchev–Trinajstić information content (AvgIpc) is 3.10. The molecule has 4 atom stereocenters. The first-order valence-electron chi connectivity index (χ1n) is 7.23. The minimum Gasteiger partial charge on any atom is -0.313 e. The molecule has 1 aromatic rings. The molecule has 1 N–H and O–H groups in total. The zero-order valence-electron chi connectivity index (χ0n) is 10.4. The van der Waals surface area contributed by atoms with Crippen LogP contribution < -0.4 is 5.32 Å². The second-order valence-corrected chi connectivity index (χ2v) is 6.21. The first kappa shape index (κ1) is 10.1. The second kappa shape index (κ2) is 3.84. The fourth-order valence-corrected chi connectivity index (χ4v) is 4.00. The third-order valence-electron chi connectivity index (χ3n) is 5.17. The van der Waals surface area contributed by atoms with Crippen LogP contribution in [0.1, 0.15) is 42.7 Å². The maximum atomic E-state index is 3.86. The molecule has 1 aromatic carbocycles. The first-order chi connectivity index (χ1) is 8.42. The Morgan fingerprint density at radius 3 is 3.06 bits per heavy atom. The van der Waals surface area contributed by atoms with Gasteiger partial charge in [-0.25, -0.2) is 0 Å². The highest BCUT2D eigenvalue weighted by molar-refractivity contribution is 5.40. The number of fused-ring (bicyclic) bond motifs is 2. The van der Waals surface area contributed by atoms with E-state index >= 15 is 0 Å². The van der Waals surface area contributed by atoms with E-state index in [0.29, 0.717) is 0 Å². The van der Waals surface area contributed by atoms with E-state index in [1.54, 1.807) is 11.1 Å². The minimum atomic E-state index is 0.797. The minimum absolute atomic E-state index is 0.797. The van der Waals surface area contributed by atoms with Gasteiger partial charge in [0.1, 0.15) is 0 Å². The summed E-state index contributed by atoms with van der Waals surface area (Å²) >= 11 is 0. The van der Waals surface area contributed by atoms with Crippen molar-refractivity contribution in [2.75, 3.05) is 6.54 Å². The number of benzene rings is 1. The maximum absolute atomic E-state index is 3.86. The molecule has 0 aromatic heterocycles. The van der Waals surface area contributed by atoms with Gasteiger partial charge in [-0.1, -0.05) is 37.1 Å². The fraction of sp³-hybridized carbons (Fsp3) is 0.625. The smallest absolute Gasteiger partial charge is 0.00983 e. The summed E-state index contributed by atoms with van der Waals surface area (Å²) in [6.07, 6.45) is 7.20. The summed E-state index contributed by atoms with van der Waals surface area (Å²) in [6.45, 7) is 1.21. The van der Waals surface area contributed by atoms with Crippen LogP contribution in [0.5, 0.6) is 0 Å². The molecule has 0 bridgehead atoms. The maximum Gasteiger partial charge on any atom is 0.00983 e. The highest BCUT2D eigenvalue weighted by Crippen LogP contribution is 2.49. The van der Waals surface area contributed by atoms with E-state index in [-0.39, 0.29) is 0 Å². The Morgan fingerprint density at radius 1 is 1.18 bits per heavy atom. The average molecular weight is 227 g/mol. The molecule has 0 spiro atoms. The Kier molecular flexibility index (Phi) is 2.29. The Hall–Kier alpha value is -0.820. The molecule has 2 saturated carbocycles. The third-order valence-corrected chi connectivity index (χ3v) is 5.17. The zero-order valence-corrected chi connectivity index (χ0v) is 10.4. The predicted octanol–water partition coefficient (Wildman–Crippen LogP) is 3.10. The predicted molar refractivity (Wildman–Crippen MR) is 70.1 cm³/mol. The van der Waals surface area contributed by atoms with E-state index in [4.69, 9.17) is 0 Å². The van der Waals surface area contributed by atoms with Gasteiger partial charge >= 0.3 is 0 Å². The molecule has 17 heavy (non-hydrogen) atoms. The Morgan fingerprint density at radius 2 is 2.12 bits per heavy atom. The molecule has 0 saturated heterocycles. The summed E-state index contributed by atoms with van der Waals surface area (Å²) in [5.41, 5.74) is 3.18. The van der Waals surface area contributed by atoms with Crippen LogP contribution in [-0.4, -0.2) is 12.6 Å². The molecular formula is C16H21N. The van der Waals surface area contributed by atoms with Gasteiger partial charge in [-0.15, -0.1) is 0 Å². The monoisotopic (exact) mass is 227 g/mol. The standard InChI is InChI=1S/C16H21N/c1-2-6-14-11(4-1)8-13(14)10-17-16-7-3-5-12-9-15(12)16/h1-2,4,6,12-13,15-17H,3,5,7-10H2/t12-,13?,15+,16?/m0/s1. The molecule has 2 unspecified atom stereocenters. The van der Waals surface area contributed by atoms with Crippen molar-refractivity contribution in [3.05, 3.63) is 35.4 Å². The largest absolute Gasteiger partial charge is 0.313 e. The van der Waals surface area contributed by atoms with Crippen molar-refractivity contribution in [1.82, 2.24) is 5.32 Å². The van der Waals surface area contributed by atoms with Crippen molar-refractivity contribution in [2.24, 2.45) is 11.8 Å². The first-order valence-corrected chi connectivity index (χ1v) is 7.23. The van der Waals surface area contributed by atoms with Gasteiger partial charge < -0.3 is 5.32 Å². The van der Waals surface area contributed by atoms with E-state index in [1.165, 1.54) is 38.6 Å². The van der Waals surface area contributed by atoms with Crippen molar-refractivity contribution in [3.8, 4) is 0 Å². The van der Waals surface area contributed by atoms with Crippen molar-refractivity contribution < 1.29 is 0 Å². The molecule has 3 aliphatic rings. The van der Waals surface area contributed by atoms with E-state index in [0.717, 1.165) is 23.8 Å². The number of rotatable bonds is 3. The topological polar surface area (TPSA) is 12.0 Å². The summed E-state index contributed by atoms with van der Waals surface area (Å²) in [6, 6.07) is 9.79. The van der Waals surface area contributed by atoms with Gasteiger partial charge in [-0.05, 0) is 42.2 Å². The lowest BCUT2D eigenvalue weighted by Gasteiger charge is -2.32. The van der Waals surface area contributed by atoms with Crippen molar-refractivity contribution in [3.63, 3.8) is 0 Å². The highest BCUT2D eigenvalue weighted by atomic mass is 14.9. The van der Waals surface area contributed by atoms with Crippen LogP contribution in [0.3, 0.4) is 0 Å². The van der Waals surface area contributed by atoms with Gasteiger partial charge in [0, 0.05) is 18.5 Å². The number of hydrogen-bond acceptors (Lipinski definition) is 1. The molecule has 90 valence electrons. The fourth-order valence-electron chi connectivity index (χ4n) is 4.00. The van der Waals surface area contributed by atoms with Crippen LogP contribution in [-0.2, 0) is 6.42 Å². The number of hydrogen-bond donors (Lipinski definition) is 1. The number of nitrogens with one attached hydrogen (secondary N) is 1.